The molecule has 1 N–H and O–H groups in total. The molecule has 2 rings (SSSR count). The van der Waals surface area contributed by atoms with Gasteiger partial charge in [-0.2, -0.15) is 9.40 Å². The van der Waals surface area contributed by atoms with E-state index in [0.717, 1.165) is 0 Å². The Bertz CT molecular complexity index is 558. The van der Waals surface area contributed by atoms with Crippen molar-refractivity contribution in [3.63, 3.8) is 0 Å². The Balaban J connectivity index is 2.44. The van der Waals surface area contributed by atoms with Gasteiger partial charge in [0.1, 0.15) is 4.90 Å². The van der Waals surface area contributed by atoms with Crippen LogP contribution in [0.2, 0.25) is 0 Å². The number of alkyl halides is 1. The number of morpholine rings is 1. The van der Waals surface area contributed by atoms with Gasteiger partial charge in [0, 0.05) is 12.6 Å². The average Bonchev–Trinajstić information content (AvgIpc) is 2.74. The first-order valence-corrected chi connectivity index (χ1v) is 8.08. The molecule has 0 aliphatic carbocycles. The van der Waals surface area contributed by atoms with Crippen LogP contribution in [0.4, 0.5) is 0 Å². The van der Waals surface area contributed by atoms with Gasteiger partial charge in [-0.1, -0.05) is 0 Å². The molecular weight excluding hydrogens is 290 g/mol. The molecule has 6 nitrogen and oxygen atoms in total. The van der Waals surface area contributed by atoms with Crippen molar-refractivity contribution in [2.24, 2.45) is 0 Å². The van der Waals surface area contributed by atoms with Crippen LogP contribution in [0.1, 0.15) is 25.2 Å². The van der Waals surface area contributed by atoms with E-state index in [9.17, 15) is 8.42 Å². The zero-order valence-electron chi connectivity index (χ0n) is 11.2. The summed E-state index contributed by atoms with van der Waals surface area (Å²) < 4.78 is 32.4. The summed E-state index contributed by atoms with van der Waals surface area (Å²) in [7, 11) is -3.60. The maximum Gasteiger partial charge on any atom is 0.247 e. The van der Waals surface area contributed by atoms with Crippen LogP contribution in [-0.2, 0) is 20.6 Å². The Morgan fingerprint density at radius 2 is 2.21 bits per heavy atom. The Morgan fingerprint density at radius 3 is 2.84 bits per heavy atom. The fraction of sp³-hybridized carbons (Fsp3) is 0.727. The number of hydrogen-bond donors (Lipinski definition) is 1. The zero-order valence-corrected chi connectivity index (χ0v) is 12.8. The first-order valence-electron chi connectivity index (χ1n) is 6.11. The van der Waals surface area contributed by atoms with Gasteiger partial charge in [0.15, 0.2) is 0 Å². The van der Waals surface area contributed by atoms with E-state index in [2.05, 4.69) is 10.2 Å². The highest BCUT2D eigenvalue weighted by Gasteiger charge is 2.37. The lowest BCUT2D eigenvalue weighted by molar-refractivity contribution is -0.0170. The maximum absolute atomic E-state index is 12.8. The summed E-state index contributed by atoms with van der Waals surface area (Å²) in [5, 5.41) is 6.63. The molecule has 2 atom stereocenters. The standard InChI is InChI=1S/C11H18ClN3O3S/c1-7-6-18-8(2)5-15(7)19(16,17)11-9(3)13-14-10(11)4-12/h7-8H,4-6H2,1-3H3,(H,13,14). The van der Waals surface area contributed by atoms with Crippen molar-refractivity contribution < 1.29 is 13.2 Å². The molecule has 0 radical (unpaired) electrons. The molecule has 0 aromatic carbocycles. The van der Waals surface area contributed by atoms with Gasteiger partial charge in [-0.15, -0.1) is 11.6 Å². The molecule has 2 unspecified atom stereocenters. The van der Waals surface area contributed by atoms with E-state index < -0.39 is 10.0 Å². The van der Waals surface area contributed by atoms with Crippen LogP contribution in [0.15, 0.2) is 4.90 Å². The van der Waals surface area contributed by atoms with Crippen molar-refractivity contribution >= 4 is 21.6 Å². The average molecular weight is 308 g/mol. The van der Waals surface area contributed by atoms with Gasteiger partial charge in [0.25, 0.3) is 0 Å². The van der Waals surface area contributed by atoms with E-state index in [4.69, 9.17) is 16.3 Å². The molecule has 0 saturated carbocycles. The summed E-state index contributed by atoms with van der Waals surface area (Å²) in [5.74, 6) is 0.0627. The molecule has 19 heavy (non-hydrogen) atoms. The molecule has 1 fully saturated rings. The van der Waals surface area contributed by atoms with Crippen LogP contribution in [0.5, 0.6) is 0 Å². The Hall–Kier alpha value is -0.630. The van der Waals surface area contributed by atoms with Gasteiger partial charge in [-0.3, -0.25) is 5.10 Å². The fourth-order valence-electron chi connectivity index (χ4n) is 2.23. The van der Waals surface area contributed by atoms with Crippen LogP contribution in [0.25, 0.3) is 0 Å². The number of hydrogen-bond acceptors (Lipinski definition) is 4. The minimum absolute atomic E-state index is 0.0627. The predicted octanol–water partition coefficient (Wildman–Crippen LogP) is 1.25. The summed E-state index contributed by atoms with van der Waals surface area (Å²) in [4.78, 5) is 0.198. The molecule has 108 valence electrons. The van der Waals surface area contributed by atoms with Crippen molar-refractivity contribution in [2.45, 2.75) is 43.7 Å². The summed E-state index contributed by atoms with van der Waals surface area (Å²) in [5.41, 5.74) is 0.882. The number of nitrogens with one attached hydrogen (secondary N) is 1. The lowest BCUT2D eigenvalue weighted by Crippen LogP contribution is -2.50. The van der Waals surface area contributed by atoms with Crippen LogP contribution in [0.3, 0.4) is 0 Å². The minimum atomic E-state index is -3.60. The molecule has 2 heterocycles. The van der Waals surface area contributed by atoms with E-state index in [1.807, 2.05) is 13.8 Å². The smallest absolute Gasteiger partial charge is 0.247 e. The van der Waals surface area contributed by atoms with Gasteiger partial charge < -0.3 is 4.74 Å². The summed E-state index contributed by atoms with van der Waals surface area (Å²) in [6.45, 7) is 6.12. The van der Waals surface area contributed by atoms with Crippen molar-refractivity contribution in [1.82, 2.24) is 14.5 Å². The highest BCUT2D eigenvalue weighted by atomic mass is 35.5. The molecule has 1 saturated heterocycles. The quantitative estimate of drug-likeness (QED) is 0.853. The van der Waals surface area contributed by atoms with Gasteiger partial charge in [0.05, 0.1) is 30.0 Å². The second kappa shape index (κ2) is 5.40. The molecule has 0 bridgehead atoms. The molecule has 0 amide bonds. The minimum Gasteiger partial charge on any atom is -0.375 e. The van der Waals surface area contributed by atoms with Crippen molar-refractivity contribution in [3.8, 4) is 0 Å². The van der Waals surface area contributed by atoms with Crippen LogP contribution >= 0.6 is 11.6 Å². The lowest BCUT2D eigenvalue weighted by Gasteiger charge is -2.35. The highest BCUT2D eigenvalue weighted by Crippen LogP contribution is 2.27. The molecular formula is C11H18ClN3O3S. The largest absolute Gasteiger partial charge is 0.375 e. The number of sulfonamides is 1. The van der Waals surface area contributed by atoms with Crippen molar-refractivity contribution in [2.75, 3.05) is 13.2 Å². The van der Waals surface area contributed by atoms with Gasteiger partial charge in [0.2, 0.25) is 10.0 Å². The molecule has 1 aliphatic heterocycles. The summed E-state index contributed by atoms with van der Waals surface area (Å²) in [6.07, 6.45) is -0.113. The third-order valence-corrected chi connectivity index (χ3v) is 5.64. The predicted molar refractivity (Wildman–Crippen MR) is 71.6 cm³/mol. The Labute approximate surface area is 118 Å². The third kappa shape index (κ3) is 2.65. The van der Waals surface area contributed by atoms with Crippen molar-refractivity contribution in [3.05, 3.63) is 11.4 Å². The molecule has 1 aliphatic rings. The molecule has 1 aromatic rings. The number of aromatic nitrogens is 2. The van der Waals surface area contributed by atoms with Crippen LogP contribution in [-0.4, -0.2) is 48.2 Å². The second-order valence-corrected chi connectivity index (χ2v) is 6.92. The maximum atomic E-state index is 12.8. The number of nitrogens with zero attached hydrogens (tertiary/aromatic N) is 2. The first-order chi connectivity index (χ1) is 8.87. The number of H-pyrrole nitrogens is 1. The number of ether oxygens (including phenoxy) is 1. The number of aromatic amines is 1. The first kappa shape index (κ1) is 14.8. The van der Waals surface area contributed by atoms with E-state index in [0.29, 0.717) is 24.5 Å². The Kier molecular flexibility index (Phi) is 4.20. The van der Waals surface area contributed by atoms with E-state index in [1.54, 1.807) is 6.92 Å². The van der Waals surface area contributed by atoms with E-state index in [-0.39, 0.29) is 22.9 Å². The highest BCUT2D eigenvalue weighted by molar-refractivity contribution is 7.89. The normalized spacial score (nSPS) is 25.7. The zero-order chi connectivity index (χ0) is 14.2. The van der Waals surface area contributed by atoms with E-state index in [1.165, 1.54) is 4.31 Å². The Morgan fingerprint density at radius 1 is 1.53 bits per heavy atom. The number of halogens is 1. The summed E-state index contributed by atoms with van der Waals surface area (Å²) in [6, 6.07) is -0.196. The number of rotatable bonds is 3. The molecule has 8 heteroatoms. The SMILES string of the molecule is Cc1[nH]nc(CCl)c1S(=O)(=O)N1CC(C)OCC1C. The molecule has 1 aromatic heterocycles. The van der Waals surface area contributed by atoms with Crippen LogP contribution in [0, 0.1) is 6.92 Å². The fourth-order valence-corrected chi connectivity index (χ4v) is 4.52. The van der Waals surface area contributed by atoms with Crippen molar-refractivity contribution in [1.29, 1.82) is 0 Å². The lowest BCUT2D eigenvalue weighted by atomic mass is 10.2. The van der Waals surface area contributed by atoms with Gasteiger partial charge in [-0.25, -0.2) is 8.42 Å². The topological polar surface area (TPSA) is 75.3 Å². The second-order valence-electron chi connectivity index (χ2n) is 4.83. The number of aryl methyl sites for hydroxylation is 1. The van der Waals surface area contributed by atoms with E-state index >= 15 is 0 Å². The third-order valence-electron chi connectivity index (χ3n) is 3.21. The van der Waals surface area contributed by atoms with Gasteiger partial charge in [-0.05, 0) is 20.8 Å². The van der Waals surface area contributed by atoms with Crippen LogP contribution < -0.4 is 0 Å². The van der Waals surface area contributed by atoms with Gasteiger partial charge >= 0.3 is 0 Å². The monoisotopic (exact) mass is 307 g/mol. The summed E-state index contributed by atoms with van der Waals surface area (Å²) >= 11 is 5.77. The molecule has 0 spiro atoms.